The number of nitrogens with zero attached hydrogens (tertiary/aromatic N) is 3. The van der Waals surface area contributed by atoms with Gasteiger partial charge in [-0.05, 0) is 55.5 Å². The molecular formula is C25H29ClN4O2. The van der Waals surface area contributed by atoms with E-state index in [-0.39, 0.29) is 0 Å². The molecule has 2 fully saturated rings. The molecule has 1 saturated heterocycles. The summed E-state index contributed by atoms with van der Waals surface area (Å²) in [6.07, 6.45) is 2.75. The van der Waals surface area contributed by atoms with Gasteiger partial charge in [0.2, 0.25) is 0 Å². The Morgan fingerprint density at radius 1 is 1.16 bits per heavy atom. The van der Waals surface area contributed by atoms with Gasteiger partial charge in [0.15, 0.2) is 0 Å². The molecule has 2 aromatic rings. The van der Waals surface area contributed by atoms with Crippen LogP contribution >= 0.6 is 11.6 Å². The van der Waals surface area contributed by atoms with E-state index in [0.717, 1.165) is 69.1 Å². The highest BCUT2D eigenvalue weighted by Crippen LogP contribution is 2.55. The monoisotopic (exact) mass is 452 g/mol. The van der Waals surface area contributed by atoms with Crippen molar-refractivity contribution in [1.82, 2.24) is 4.90 Å². The van der Waals surface area contributed by atoms with Crippen molar-refractivity contribution in [2.45, 2.75) is 31.4 Å². The minimum absolute atomic E-state index is 0.384. The maximum absolute atomic E-state index is 10.1. The molecule has 1 aliphatic carbocycles. The number of piperazine rings is 1. The lowest BCUT2D eigenvalue weighted by atomic mass is 10.0. The molecule has 3 unspecified atom stereocenters. The second kappa shape index (κ2) is 9.19. The van der Waals surface area contributed by atoms with Crippen LogP contribution in [0.25, 0.3) is 0 Å². The van der Waals surface area contributed by atoms with Crippen LogP contribution in [-0.4, -0.2) is 55.6 Å². The molecule has 6 nitrogen and oxygen atoms in total. The van der Waals surface area contributed by atoms with Crippen LogP contribution in [0.4, 0.5) is 11.4 Å². The largest absolute Gasteiger partial charge is 0.494 e. The minimum Gasteiger partial charge on any atom is -0.494 e. The van der Waals surface area contributed by atoms with Crippen LogP contribution in [0.15, 0.2) is 36.4 Å². The molecule has 0 bridgehead atoms. The van der Waals surface area contributed by atoms with E-state index in [4.69, 9.17) is 16.3 Å². The van der Waals surface area contributed by atoms with Crippen molar-refractivity contribution in [1.29, 1.82) is 5.26 Å². The van der Waals surface area contributed by atoms with E-state index in [2.05, 4.69) is 33.3 Å². The molecule has 2 N–H and O–H groups in total. The third-order valence-electron chi connectivity index (χ3n) is 6.93. The van der Waals surface area contributed by atoms with Gasteiger partial charge in [0, 0.05) is 43.9 Å². The van der Waals surface area contributed by atoms with Crippen molar-refractivity contribution in [2.24, 2.45) is 5.92 Å². The summed E-state index contributed by atoms with van der Waals surface area (Å²) in [7, 11) is 0. The molecule has 3 aliphatic rings. The third kappa shape index (κ3) is 4.38. The van der Waals surface area contributed by atoms with E-state index in [1.54, 1.807) is 6.07 Å². The lowest BCUT2D eigenvalue weighted by molar-refractivity contribution is 0.174. The first-order chi connectivity index (χ1) is 15.6. The van der Waals surface area contributed by atoms with Crippen LogP contribution in [-0.2, 0) is 0 Å². The Hall–Kier alpha value is -2.46. The van der Waals surface area contributed by atoms with Gasteiger partial charge in [0.25, 0.3) is 0 Å². The molecule has 1 saturated carbocycles. The second-order valence-corrected chi connectivity index (χ2v) is 9.38. The standard InChI is InChI=1S/C25H29ClN4O2/c26-22-4-3-5-24(21(22)16-27)30-11-9-29(10-12-30)8-1-2-13-32-17-6-7-18-19-15-20(19)25(31)28-23(18)14-17/h3-7,14,19-20,25,28,31H,1-2,8-13,15H2. The number of hydrogen-bond donors (Lipinski definition) is 2. The number of nitriles is 1. The van der Waals surface area contributed by atoms with Crippen LogP contribution in [0.5, 0.6) is 5.75 Å². The average Bonchev–Trinajstić information content (AvgIpc) is 3.61. The van der Waals surface area contributed by atoms with Crippen molar-refractivity contribution >= 4 is 23.0 Å². The molecule has 7 heteroatoms. The maximum atomic E-state index is 10.1. The fourth-order valence-electron chi connectivity index (χ4n) is 4.99. The van der Waals surface area contributed by atoms with Crippen LogP contribution < -0.4 is 15.0 Å². The van der Waals surface area contributed by atoms with E-state index >= 15 is 0 Å². The first-order valence-electron chi connectivity index (χ1n) is 11.5. The van der Waals surface area contributed by atoms with Gasteiger partial charge in [-0.3, -0.25) is 4.90 Å². The van der Waals surface area contributed by atoms with Gasteiger partial charge in [-0.25, -0.2) is 0 Å². The van der Waals surface area contributed by atoms with Crippen molar-refractivity contribution in [3.05, 3.63) is 52.5 Å². The molecule has 2 aromatic carbocycles. The summed E-state index contributed by atoms with van der Waals surface area (Å²) in [5.74, 6) is 1.77. The topological polar surface area (TPSA) is 71.8 Å². The number of aliphatic hydroxyl groups is 1. The molecule has 32 heavy (non-hydrogen) atoms. The molecule has 0 spiro atoms. The van der Waals surface area contributed by atoms with Gasteiger partial charge < -0.3 is 20.1 Å². The maximum Gasteiger partial charge on any atom is 0.127 e. The Kier molecular flexibility index (Phi) is 6.14. The smallest absolute Gasteiger partial charge is 0.127 e. The van der Waals surface area contributed by atoms with E-state index in [0.29, 0.717) is 29.0 Å². The second-order valence-electron chi connectivity index (χ2n) is 8.97. The third-order valence-corrected chi connectivity index (χ3v) is 7.24. The number of benzene rings is 2. The predicted octanol–water partition coefficient (Wildman–Crippen LogP) is 4.04. The summed E-state index contributed by atoms with van der Waals surface area (Å²) in [6.45, 7) is 5.53. The van der Waals surface area contributed by atoms with E-state index in [1.165, 1.54) is 5.56 Å². The van der Waals surface area contributed by atoms with Crippen molar-refractivity contribution in [3.8, 4) is 11.8 Å². The summed E-state index contributed by atoms with van der Waals surface area (Å²) in [4.78, 5) is 4.73. The molecule has 0 amide bonds. The Labute approximate surface area is 194 Å². The lowest BCUT2D eigenvalue weighted by Gasteiger charge is -2.36. The number of fused-ring (bicyclic) bond motifs is 3. The average molecular weight is 453 g/mol. The highest BCUT2D eigenvalue weighted by atomic mass is 35.5. The fourth-order valence-corrected chi connectivity index (χ4v) is 5.20. The normalized spacial score (nSPS) is 24.2. The van der Waals surface area contributed by atoms with Gasteiger partial charge in [-0.2, -0.15) is 5.26 Å². The Bertz CT molecular complexity index is 1020. The van der Waals surface area contributed by atoms with Gasteiger partial charge in [0.05, 0.1) is 22.9 Å². The molecule has 0 aromatic heterocycles. The quantitative estimate of drug-likeness (QED) is 0.618. The van der Waals surface area contributed by atoms with Crippen molar-refractivity contribution in [3.63, 3.8) is 0 Å². The highest BCUT2D eigenvalue weighted by molar-refractivity contribution is 6.32. The zero-order valence-corrected chi connectivity index (χ0v) is 18.9. The van der Waals surface area contributed by atoms with Gasteiger partial charge in [0.1, 0.15) is 18.0 Å². The first kappa shape index (κ1) is 21.4. The molecule has 3 atom stereocenters. The molecule has 5 rings (SSSR count). The number of ether oxygens (including phenoxy) is 1. The molecule has 0 radical (unpaired) electrons. The Morgan fingerprint density at radius 3 is 2.81 bits per heavy atom. The number of aliphatic hydroxyl groups excluding tert-OH is 1. The molecule has 2 aliphatic heterocycles. The fraction of sp³-hybridized carbons (Fsp3) is 0.480. The zero-order valence-electron chi connectivity index (χ0n) is 18.1. The molecule has 168 valence electrons. The Balaban J connectivity index is 1.03. The van der Waals surface area contributed by atoms with Crippen LogP contribution in [0, 0.1) is 17.2 Å². The Morgan fingerprint density at radius 2 is 2.00 bits per heavy atom. The van der Waals surface area contributed by atoms with Crippen LogP contribution in [0.2, 0.25) is 5.02 Å². The van der Waals surface area contributed by atoms with Crippen LogP contribution in [0.3, 0.4) is 0 Å². The van der Waals surface area contributed by atoms with E-state index in [1.807, 2.05) is 18.2 Å². The van der Waals surface area contributed by atoms with Gasteiger partial charge in [-0.15, -0.1) is 0 Å². The lowest BCUT2D eigenvalue weighted by Crippen LogP contribution is -2.46. The van der Waals surface area contributed by atoms with Crippen molar-refractivity contribution < 1.29 is 9.84 Å². The summed E-state index contributed by atoms with van der Waals surface area (Å²) in [5.41, 5.74) is 3.85. The summed E-state index contributed by atoms with van der Waals surface area (Å²) < 4.78 is 5.97. The van der Waals surface area contributed by atoms with Gasteiger partial charge in [-0.1, -0.05) is 23.7 Å². The number of anilines is 2. The summed E-state index contributed by atoms with van der Waals surface area (Å²) >= 11 is 6.18. The highest BCUT2D eigenvalue weighted by Gasteiger charge is 2.47. The number of hydrogen-bond acceptors (Lipinski definition) is 6. The van der Waals surface area contributed by atoms with Crippen LogP contribution in [0.1, 0.15) is 36.3 Å². The van der Waals surface area contributed by atoms with E-state index in [9.17, 15) is 10.4 Å². The SMILES string of the molecule is N#Cc1c(Cl)cccc1N1CCN(CCCCOc2ccc3c(c2)NC(O)C2CC32)CC1. The molecule has 2 heterocycles. The number of unbranched alkanes of at least 4 members (excludes halogenated alkanes) is 1. The predicted molar refractivity (Wildman–Crippen MR) is 126 cm³/mol. The van der Waals surface area contributed by atoms with Gasteiger partial charge >= 0.3 is 0 Å². The van der Waals surface area contributed by atoms with E-state index < -0.39 is 6.23 Å². The number of rotatable bonds is 7. The summed E-state index contributed by atoms with van der Waals surface area (Å²) in [5, 5.41) is 23.2. The molecular weight excluding hydrogens is 424 g/mol. The number of nitrogens with one attached hydrogen (secondary N) is 1. The minimum atomic E-state index is -0.423. The van der Waals surface area contributed by atoms with Crippen molar-refractivity contribution in [2.75, 3.05) is 49.5 Å². The first-order valence-corrected chi connectivity index (χ1v) is 11.9. The zero-order chi connectivity index (χ0) is 22.1. The summed E-state index contributed by atoms with van der Waals surface area (Å²) in [6, 6.07) is 14.1. The number of halogens is 1.